The second-order valence-electron chi connectivity index (χ2n) is 6.76. The molecule has 0 aliphatic carbocycles. The maximum absolute atomic E-state index is 13.1. The van der Waals surface area contributed by atoms with Gasteiger partial charge in [-0.3, -0.25) is 4.79 Å². The molecule has 0 bridgehead atoms. The van der Waals surface area contributed by atoms with Crippen molar-refractivity contribution in [1.29, 1.82) is 0 Å². The van der Waals surface area contributed by atoms with Crippen molar-refractivity contribution in [2.45, 2.75) is 26.8 Å². The van der Waals surface area contributed by atoms with E-state index in [1.807, 2.05) is 64.6 Å². The molecule has 27 heavy (non-hydrogen) atoms. The van der Waals surface area contributed by atoms with Crippen molar-refractivity contribution in [3.8, 4) is 5.13 Å². The third-order valence-electron chi connectivity index (χ3n) is 4.86. The summed E-state index contributed by atoms with van der Waals surface area (Å²) in [4.78, 5) is 24.8. The quantitative estimate of drug-likeness (QED) is 0.538. The van der Waals surface area contributed by atoms with E-state index in [0.717, 1.165) is 39.8 Å². The summed E-state index contributed by atoms with van der Waals surface area (Å²) in [7, 11) is 0. The largest absolute Gasteiger partial charge is 0.333 e. The number of hydrogen-bond donors (Lipinski definition) is 0. The lowest BCUT2D eigenvalue weighted by molar-refractivity contribution is 0.0736. The highest BCUT2D eigenvalue weighted by Crippen LogP contribution is 2.26. The van der Waals surface area contributed by atoms with Gasteiger partial charge in [-0.15, -0.1) is 0 Å². The van der Waals surface area contributed by atoms with Gasteiger partial charge in [0.2, 0.25) is 0 Å². The van der Waals surface area contributed by atoms with E-state index in [1.165, 1.54) is 11.3 Å². The number of aryl methyl sites for hydroxylation is 2. The molecule has 8 heteroatoms. The van der Waals surface area contributed by atoms with Crippen LogP contribution in [0.25, 0.3) is 10.8 Å². The normalized spacial score (nSPS) is 13.9. The predicted octanol–water partition coefficient (Wildman–Crippen LogP) is 2.79. The standard InChI is InChI=1S/C19H18N6OS/c1-12-9-16-20-10-14-11-24(8-5-15(14)25(16)22-12)18(26)17-13(2)21-19(27-17)23-6-3-4-7-23/h3-4,6-7,9-10H,5,8,11H2,1-2H3. The summed E-state index contributed by atoms with van der Waals surface area (Å²) < 4.78 is 3.84. The first-order chi connectivity index (χ1) is 13.1. The molecule has 0 saturated carbocycles. The van der Waals surface area contributed by atoms with Crippen molar-refractivity contribution >= 4 is 22.9 Å². The van der Waals surface area contributed by atoms with Crippen LogP contribution in [0.2, 0.25) is 0 Å². The fourth-order valence-corrected chi connectivity index (χ4v) is 4.53. The SMILES string of the molecule is Cc1cc2ncc3c(n2n1)CCN(C(=O)c1sc(-n2cccc2)nc1C)C3. The zero-order chi connectivity index (χ0) is 18.5. The fourth-order valence-electron chi connectivity index (χ4n) is 3.53. The third-order valence-corrected chi connectivity index (χ3v) is 6.02. The van der Waals surface area contributed by atoms with Crippen LogP contribution >= 0.6 is 11.3 Å². The molecule has 5 heterocycles. The molecule has 136 valence electrons. The van der Waals surface area contributed by atoms with E-state index in [-0.39, 0.29) is 5.91 Å². The molecule has 7 nitrogen and oxygen atoms in total. The minimum Gasteiger partial charge on any atom is -0.333 e. The van der Waals surface area contributed by atoms with Gasteiger partial charge in [-0.2, -0.15) is 5.10 Å². The van der Waals surface area contributed by atoms with Crippen LogP contribution in [0.1, 0.15) is 32.3 Å². The molecule has 0 spiro atoms. The van der Waals surface area contributed by atoms with E-state index >= 15 is 0 Å². The molecule has 0 saturated heterocycles. The summed E-state index contributed by atoms with van der Waals surface area (Å²) in [5.74, 6) is 0.0331. The topological polar surface area (TPSA) is 68.3 Å². The Balaban J connectivity index is 1.45. The van der Waals surface area contributed by atoms with Gasteiger partial charge in [-0.05, 0) is 26.0 Å². The van der Waals surface area contributed by atoms with Crippen molar-refractivity contribution in [2.24, 2.45) is 0 Å². The molecule has 1 aliphatic heterocycles. The van der Waals surface area contributed by atoms with Gasteiger partial charge in [0.25, 0.3) is 5.91 Å². The number of amides is 1. The molecule has 1 amide bonds. The molecular formula is C19H18N6OS. The van der Waals surface area contributed by atoms with Gasteiger partial charge in [0.05, 0.1) is 17.1 Å². The van der Waals surface area contributed by atoms with Gasteiger partial charge in [-0.1, -0.05) is 11.3 Å². The van der Waals surface area contributed by atoms with Crippen LogP contribution in [0.5, 0.6) is 0 Å². The van der Waals surface area contributed by atoms with Crippen LogP contribution in [0, 0.1) is 13.8 Å². The third kappa shape index (κ3) is 2.64. The number of hydrogen-bond acceptors (Lipinski definition) is 5. The van der Waals surface area contributed by atoms with Crippen molar-refractivity contribution < 1.29 is 4.79 Å². The van der Waals surface area contributed by atoms with E-state index in [4.69, 9.17) is 0 Å². The molecule has 0 aromatic carbocycles. The minimum absolute atomic E-state index is 0.0331. The Bertz CT molecular complexity index is 1160. The molecule has 0 radical (unpaired) electrons. The molecule has 0 N–H and O–H groups in total. The molecule has 5 rings (SSSR count). The number of fused-ring (bicyclic) bond motifs is 3. The summed E-state index contributed by atoms with van der Waals surface area (Å²) in [5, 5.41) is 5.35. The summed E-state index contributed by atoms with van der Waals surface area (Å²) in [6, 6.07) is 5.87. The second kappa shape index (κ2) is 6.02. The highest BCUT2D eigenvalue weighted by Gasteiger charge is 2.27. The Morgan fingerprint density at radius 1 is 1.22 bits per heavy atom. The van der Waals surface area contributed by atoms with E-state index in [0.29, 0.717) is 18.0 Å². The number of rotatable bonds is 2. The van der Waals surface area contributed by atoms with E-state index in [9.17, 15) is 4.79 Å². The maximum atomic E-state index is 13.1. The highest BCUT2D eigenvalue weighted by molar-refractivity contribution is 7.16. The first kappa shape index (κ1) is 16.2. The van der Waals surface area contributed by atoms with Crippen LogP contribution in [0.4, 0.5) is 0 Å². The van der Waals surface area contributed by atoms with Crippen LogP contribution in [0.15, 0.2) is 36.8 Å². The van der Waals surface area contributed by atoms with E-state index in [2.05, 4.69) is 15.1 Å². The van der Waals surface area contributed by atoms with Crippen molar-refractivity contribution in [2.75, 3.05) is 6.54 Å². The molecule has 4 aromatic heterocycles. The molecule has 0 unspecified atom stereocenters. The van der Waals surface area contributed by atoms with Gasteiger partial charge in [-0.25, -0.2) is 14.5 Å². The van der Waals surface area contributed by atoms with Crippen LogP contribution in [-0.2, 0) is 13.0 Å². The number of nitrogens with zero attached hydrogens (tertiary/aromatic N) is 6. The zero-order valence-electron chi connectivity index (χ0n) is 15.1. The first-order valence-corrected chi connectivity index (χ1v) is 9.65. The minimum atomic E-state index is 0.0331. The Hall–Kier alpha value is -3.00. The molecular weight excluding hydrogens is 360 g/mol. The molecule has 0 fully saturated rings. The number of aromatic nitrogens is 5. The van der Waals surface area contributed by atoms with Gasteiger partial charge in [0, 0.05) is 49.7 Å². The average Bonchev–Trinajstić information content (AvgIpc) is 3.39. The van der Waals surface area contributed by atoms with E-state index in [1.54, 1.807) is 0 Å². The van der Waals surface area contributed by atoms with Crippen LogP contribution < -0.4 is 0 Å². The molecule has 1 aliphatic rings. The number of carbonyl (C=O) groups excluding carboxylic acids is 1. The summed E-state index contributed by atoms with van der Waals surface area (Å²) in [6.07, 6.45) is 6.51. The van der Waals surface area contributed by atoms with Gasteiger partial charge >= 0.3 is 0 Å². The number of thiazole rings is 1. The van der Waals surface area contributed by atoms with Crippen molar-refractivity contribution in [3.05, 3.63) is 64.3 Å². The lowest BCUT2D eigenvalue weighted by atomic mass is 10.1. The van der Waals surface area contributed by atoms with Crippen LogP contribution in [0.3, 0.4) is 0 Å². The second-order valence-corrected chi connectivity index (χ2v) is 7.74. The first-order valence-electron chi connectivity index (χ1n) is 8.83. The number of carbonyl (C=O) groups is 1. The smallest absolute Gasteiger partial charge is 0.266 e. The molecule has 0 atom stereocenters. The van der Waals surface area contributed by atoms with Crippen molar-refractivity contribution in [1.82, 2.24) is 29.0 Å². The summed E-state index contributed by atoms with van der Waals surface area (Å²) in [5.41, 5.74) is 4.79. The fraction of sp³-hybridized carbons (Fsp3) is 0.263. The average molecular weight is 378 g/mol. The zero-order valence-corrected chi connectivity index (χ0v) is 15.9. The summed E-state index contributed by atoms with van der Waals surface area (Å²) >= 11 is 1.43. The molecule has 4 aromatic rings. The van der Waals surface area contributed by atoms with Gasteiger partial charge < -0.3 is 9.47 Å². The Morgan fingerprint density at radius 2 is 2.04 bits per heavy atom. The van der Waals surface area contributed by atoms with Gasteiger partial charge in [0.1, 0.15) is 4.88 Å². The highest BCUT2D eigenvalue weighted by atomic mass is 32.1. The summed E-state index contributed by atoms with van der Waals surface area (Å²) in [6.45, 7) is 5.08. The monoisotopic (exact) mass is 378 g/mol. The van der Waals surface area contributed by atoms with Gasteiger partial charge in [0.15, 0.2) is 10.8 Å². The van der Waals surface area contributed by atoms with E-state index < -0.39 is 0 Å². The Morgan fingerprint density at radius 3 is 2.85 bits per heavy atom. The predicted molar refractivity (Wildman–Crippen MR) is 102 cm³/mol. The Kier molecular flexibility index (Phi) is 3.61. The maximum Gasteiger partial charge on any atom is 0.266 e. The lowest BCUT2D eigenvalue weighted by Gasteiger charge is -2.28. The Labute approximate surface area is 159 Å². The van der Waals surface area contributed by atoms with Crippen LogP contribution in [-0.4, -0.2) is 41.5 Å². The lowest BCUT2D eigenvalue weighted by Crippen LogP contribution is -2.37. The van der Waals surface area contributed by atoms with Crippen molar-refractivity contribution in [3.63, 3.8) is 0 Å².